The molecule has 0 spiro atoms. The monoisotopic (exact) mass is 972 g/mol. The highest BCUT2D eigenvalue weighted by molar-refractivity contribution is 7.16. The average molecular weight is 973 g/mol. The van der Waals surface area contributed by atoms with Crippen LogP contribution in [0.4, 0.5) is 0 Å². The van der Waals surface area contributed by atoms with E-state index in [1.165, 1.54) is 141 Å². The molecule has 354 valence electrons. The molecule has 13 rings (SSSR count). The molecular formula is C74H52S. The van der Waals surface area contributed by atoms with Crippen LogP contribution in [0.1, 0.15) is 24.3 Å². The fourth-order valence-corrected chi connectivity index (χ4v) is 12.5. The third-order valence-electron chi connectivity index (χ3n) is 15.2. The van der Waals surface area contributed by atoms with Crippen LogP contribution in [0.15, 0.2) is 255 Å². The lowest BCUT2D eigenvalue weighted by atomic mass is 9.84. The molecule has 13 aromatic rings. The third-order valence-corrected chi connectivity index (χ3v) is 16.5. The second-order valence-electron chi connectivity index (χ2n) is 19.8. The first-order valence-electron chi connectivity index (χ1n) is 25.8. The second-order valence-corrected chi connectivity index (χ2v) is 20.9. The molecule has 1 heterocycles. The molecule has 0 aliphatic carbocycles. The van der Waals surface area contributed by atoms with Gasteiger partial charge in [-0.2, -0.15) is 0 Å². The molecule has 1 aromatic heterocycles. The van der Waals surface area contributed by atoms with E-state index < -0.39 is 0 Å². The van der Waals surface area contributed by atoms with E-state index in [0.717, 1.165) is 10.4 Å². The molecule has 0 nitrogen and oxygen atoms in total. The Morgan fingerprint density at radius 3 is 1.37 bits per heavy atom. The summed E-state index contributed by atoms with van der Waals surface area (Å²) in [5.74, 6) is 0. The molecule has 0 fully saturated rings. The smallest absolute Gasteiger partial charge is 0.0349 e. The first-order valence-corrected chi connectivity index (χ1v) is 26.6. The zero-order chi connectivity index (χ0) is 50.6. The fraction of sp³-hybridized carbons (Fsp3) is 0.0270. The number of rotatable bonds is 9. The molecule has 0 radical (unpaired) electrons. The molecule has 12 aromatic carbocycles. The lowest BCUT2D eigenvalue weighted by Crippen LogP contribution is -2.22. The predicted molar refractivity (Wildman–Crippen MR) is 330 cm³/mol. The predicted octanol–water partition coefficient (Wildman–Crippen LogP) is 19.9. The van der Waals surface area contributed by atoms with Gasteiger partial charge in [0, 0.05) is 9.75 Å². The first-order chi connectivity index (χ1) is 36.9. The Hall–Kier alpha value is -9.14. The number of allylic oxidation sites excluding steroid dienone is 5. The lowest BCUT2D eigenvalue weighted by molar-refractivity contribution is 1.53. The Kier molecular flexibility index (Phi) is 11.6. The van der Waals surface area contributed by atoms with Crippen LogP contribution in [0.25, 0.3) is 143 Å². The van der Waals surface area contributed by atoms with Crippen LogP contribution >= 0.6 is 11.3 Å². The minimum absolute atomic E-state index is 0.989. The van der Waals surface area contributed by atoms with Crippen molar-refractivity contribution in [3.8, 4) is 54.9 Å². The van der Waals surface area contributed by atoms with Gasteiger partial charge < -0.3 is 0 Å². The van der Waals surface area contributed by atoms with Gasteiger partial charge in [-0.3, -0.25) is 0 Å². The first kappa shape index (κ1) is 45.7. The van der Waals surface area contributed by atoms with Gasteiger partial charge in [-0.15, -0.1) is 11.3 Å². The molecule has 0 unspecified atom stereocenters. The van der Waals surface area contributed by atoms with Crippen LogP contribution in [-0.2, 0) is 0 Å². The van der Waals surface area contributed by atoms with Gasteiger partial charge in [0.1, 0.15) is 0 Å². The fourth-order valence-electron chi connectivity index (χ4n) is 11.5. The summed E-state index contributed by atoms with van der Waals surface area (Å²) < 4.78 is 0. The minimum atomic E-state index is 0.989. The molecule has 0 atom stereocenters. The number of hydrogen-bond acceptors (Lipinski definition) is 1. The van der Waals surface area contributed by atoms with Gasteiger partial charge >= 0.3 is 0 Å². The topological polar surface area (TPSA) is 0 Å². The summed E-state index contributed by atoms with van der Waals surface area (Å²) in [6, 6.07) is 85.3. The summed E-state index contributed by atoms with van der Waals surface area (Å²) in [5.41, 5.74) is 14.7. The summed E-state index contributed by atoms with van der Waals surface area (Å²) >= 11 is 1.86. The molecule has 0 amide bonds. The molecule has 0 aliphatic rings. The van der Waals surface area contributed by atoms with E-state index in [2.05, 4.69) is 270 Å². The standard InChI is InChI=1S/C74H52S/c1-5-17-52-42-58(33-32-48(52)3)72-63-26-12-10-24-61(63)71(62-25-11-13-27-64(62)72)57-23-16-22-53(43-57)47(2)30-31-49(4)69-40-41-70(75-69)56-38-39-67-68(46-56)74(60-37-35-51-19-7-9-21-55(51)45-60)66-29-15-14-28-65(66)73(67)59-36-34-50-18-6-8-20-54(50)44-59/h5-46H,1,3H2,2,4H3/b47-30+,49-31+,52-17-. The van der Waals surface area contributed by atoms with Gasteiger partial charge in [0.2, 0.25) is 0 Å². The molecular weight excluding hydrogens is 921 g/mol. The largest absolute Gasteiger partial charge is 0.136 e. The maximum Gasteiger partial charge on any atom is 0.0349 e. The molecule has 0 bridgehead atoms. The van der Waals surface area contributed by atoms with Crippen molar-refractivity contribution in [1.82, 2.24) is 0 Å². The van der Waals surface area contributed by atoms with Gasteiger partial charge in [0.25, 0.3) is 0 Å². The summed E-state index contributed by atoms with van der Waals surface area (Å²) in [7, 11) is 0. The molecule has 0 saturated heterocycles. The molecule has 0 aliphatic heterocycles. The number of hydrogen-bond donors (Lipinski definition) is 0. The summed E-state index contributed by atoms with van der Waals surface area (Å²) in [4.78, 5) is 2.50. The molecule has 1 heteroatoms. The van der Waals surface area contributed by atoms with Crippen molar-refractivity contribution in [2.45, 2.75) is 13.8 Å². The van der Waals surface area contributed by atoms with Crippen molar-refractivity contribution < 1.29 is 0 Å². The normalized spacial score (nSPS) is 12.5. The van der Waals surface area contributed by atoms with Crippen LogP contribution in [-0.4, -0.2) is 0 Å². The van der Waals surface area contributed by atoms with E-state index in [1.807, 2.05) is 23.5 Å². The summed E-state index contributed by atoms with van der Waals surface area (Å²) in [6.07, 6.45) is 8.44. The van der Waals surface area contributed by atoms with Crippen molar-refractivity contribution in [1.29, 1.82) is 0 Å². The van der Waals surface area contributed by atoms with E-state index in [4.69, 9.17) is 0 Å². The van der Waals surface area contributed by atoms with Crippen LogP contribution in [0, 0.1) is 0 Å². The van der Waals surface area contributed by atoms with Crippen LogP contribution < -0.4 is 10.4 Å². The Morgan fingerprint density at radius 2 is 0.813 bits per heavy atom. The zero-order valence-corrected chi connectivity index (χ0v) is 42.9. The van der Waals surface area contributed by atoms with Crippen molar-refractivity contribution in [2.24, 2.45) is 0 Å². The van der Waals surface area contributed by atoms with E-state index in [1.54, 1.807) is 0 Å². The highest BCUT2D eigenvalue weighted by atomic mass is 32.1. The second kappa shape index (κ2) is 19.0. The minimum Gasteiger partial charge on any atom is -0.136 e. The zero-order valence-electron chi connectivity index (χ0n) is 42.1. The van der Waals surface area contributed by atoms with E-state index >= 15 is 0 Å². The van der Waals surface area contributed by atoms with Gasteiger partial charge in [-0.05, 0) is 198 Å². The average Bonchev–Trinajstić information content (AvgIpc) is 3.97. The lowest BCUT2D eigenvalue weighted by Gasteiger charge is -2.19. The summed E-state index contributed by atoms with van der Waals surface area (Å²) in [5, 5.41) is 17.0. The Balaban J connectivity index is 0.876. The number of benzene rings is 12. The third kappa shape index (κ3) is 8.19. The van der Waals surface area contributed by atoms with Crippen molar-refractivity contribution in [3.63, 3.8) is 0 Å². The summed E-state index contributed by atoms with van der Waals surface area (Å²) in [6.45, 7) is 12.7. The van der Waals surface area contributed by atoms with Crippen molar-refractivity contribution >= 4 is 99.8 Å². The number of fused-ring (bicyclic) bond motifs is 6. The Morgan fingerprint density at radius 1 is 0.360 bits per heavy atom. The van der Waals surface area contributed by atoms with E-state index in [-0.39, 0.29) is 0 Å². The maximum absolute atomic E-state index is 4.29. The highest BCUT2D eigenvalue weighted by Crippen LogP contribution is 2.47. The Labute approximate surface area is 442 Å². The van der Waals surface area contributed by atoms with Gasteiger partial charge in [0.15, 0.2) is 0 Å². The Bertz CT molecular complexity index is 4590. The van der Waals surface area contributed by atoms with Gasteiger partial charge in [-0.1, -0.05) is 226 Å². The van der Waals surface area contributed by atoms with Crippen molar-refractivity contribution in [3.05, 3.63) is 276 Å². The van der Waals surface area contributed by atoms with Gasteiger partial charge in [-0.25, -0.2) is 0 Å². The van der Waals surface area contributed by atoms with Crippen molar-refractivity contribution in [2.75, 3.05) is 0 Å². The van der Waals surface area contributed by atoms with Crippen LogP contribution in [0.5, 0.6) is 0 Å². The van der Waals surface area contributed by atoms with E-state index in [9.17, 15) is 0 Å². The molecule has 0 saturated carbocycles. The SMILES string of the molecule is C=C/C=c1/cc(-c2c3ccccc3c(-c3cccc(/C(C)=C/C=C(\C)c4ccc(-c5ccc6c(-c7ccc8ccccc8c7)c7ccccc7c(-c7ccc8ccccc8c7)c6c5)s4)c3)c3ccccc23)ccc1=C. The van der Waals surface area contributed by atoms with E-state index in [0.29, 0.717) is 0 Å². The van der Waals surface area contributed by atoms with Gasteiger partial charge in [0.05, 0.1) is 0 Å². The maximum atomic E-state index is 4.29. The quantitative estimate of drug-likeness (QED) is 0.0999. The van der Waals surface area contributed by atoms with Crippen LogP contribution in [0.3, 0.4) is 0 Å². The molecule has 75 heavy (non-hydrogen) atoms. The highest BCUT2D eigenvalue weighted by Gasteiger charge is 2.20. The number of thiophene rings is 1. The van der Waals surface area contributed by atoms with Crippen LogP contribution in [0.2, 0.25) is 0 Å². The molecule has 0 N–H and O–H groups in total.